The van der Waals surface area contributed by atoms with Gasteiger partial charge in [-0.25, -0.2) is 4.79 Å². The Labute approximate surface area is 105 Å². The van der Waals surface area contributed by atoms with E-state index in [0.717, 1.165) is 0 Å². The van der Waals surface area contributed by atoms with Gasteiger partial charge in [-0.3, -0.25) is 9.59 Å². The molecule has 0 spiro atoms. The summed E-state index contributed by atoms with van der Waals surface area (Å²) in [6.45, 7) is 2.27. The maximum Gasteiger partial charge on any atom is 0.326 e. The molecular weight excluding hydrogens is 240 g/mol. The lowest BCUT2D eigenvalue weighted by atomic mass is 9.98. The van der Waals surface area contributed by atoms with Crippen molar-refractivity contribution < 1.29 is 24.6 Å². The molecule has 0 saturated heterocycles. The Hall–Kier alpha value is -1.63. The number of carboxylic acids is 2. The maximum atomic E-state index is 11.8. The summed E-state index contributed by atoms with van der Waals surface area (Å²) < 4.78 is 0. The first-order valence-corrected chi connectivity index (χ1v) is 5.87. The number of nitrogens with one attached hydrogen (secondary N) is 1. The number of carbonyl (C=O) groups is 3. The van der Waals surface area contributed by atoms with Gasteiger partial charge in [-0.1, -0.05) is 6.92 Å². The van der Waals surface area contributed by atoms with Gasteiger partial charge in [-0.05, 0) is 25.8 Å². The second-order valence-electron chi connectivity index (χ2n) is 4.03. The van der Waals surface area contributed by atoms with Gasteiger partial charge in [0.15, 0.2) is 0 Å². The van der Waals surface area contributed by atoms with Crippen LogP contribution in [0.4, 0.5) is 0 Å². The molecular formula is C11H20N2O5. The largest absolute Gasteiger partial charge is 0.481 e. The van der Waals surface area contributed by atoms with E-state index in [0.29, 0.717) is 25.8 Å². The highest BCUT2D eigenvalue weighted by molar-refractivity contribution is 5.87. The summed E-state index contributed by atoms with van der Waals surface area (Å²) in [5.74, 6) is -3.37. The van der Waals surface area contributed by atoms with Gasteiger partial charge in [-0.15, -0.1) is 0 Å². The van der Waals surface area contributed by atoms with Crippen molar-refractivity contribution in [2.24, 2.45) is 11.7 Å². The summed E-state index contributed by atoms with van der Waals surface area (Å²) in [7, 11) is 0. The van der Waals surface area contributed by atoms with E-state index in [9.17, 15) is 14.4 Å². The first-order chi connectivity index (χ1) is 8.42. The van der Waals surface area contributed by atoms with Crippen molar-refractivity contribution in [3.8, 4) is 0 Å². The molecule has 1 amide bonds. The molecule has 0 aliphatic heterocycles. The van der Waals surface area contributed by atoms with Crippen molar-refractivity contribution in [3.05, 3.63) is 0 Å². The number of rotatable bonds is 9. The quantitative estimate of drug-likeness (QED) is 0.454. The topological polar surface area (TPSA) is 130 Å². The van der Waals surface area contributed by atoms with Crippen molar-refractivity contribution in [2.75, 3.05) is 6.54 Å². The summed E-state index contributed by atoms with van der Waals surface area (Å²) >= 11 is 0. The standard InChI is InChI=1S/C11H20N2O5/c1-2-7(4-3-5-12)10(16)13-8(11(17)18)6-9(14)15/h7-8H,2-6,12H2,1H3,(H,13,16)(H,14,15)(H,17,18). The first-order valence-electron chi connectivity index (χ1n) is 5.87. The molecule has 0 bridgehead atoms. The lowest BCUT2D eigenvalue weighted by molar-refractivity contribution is -0.147. The average molecular weight is 260 g/mol. The number of hydrogen-bond donors (Lipinski definition) is 4. The number of amides is 1. The van der Waals surface area contributed by atoms with E-state index in [1.807, 2.05) is 6.92 Å². The molecule has 0 rings (SSSR count). The van der Waals surface area contributed by atoms with Crippen molar-refractivity contribution in [1.82, 2.24) is 5.32 Å². The van der Waals surface area contributed by atoms with E-state index >= 15 is 0 Å². The Kier molecular flexibility index (Phi) is 7.69. The summed E-state index contributed by atoms with van der Waals surface area (Å²) in [5, 5.41) is 19.6. The number of hydrogen-bond acceptors (Lipinski definition) is 4. The van der Waals surface area contributed by atoms with Crippen LogP contribution in [0.1, 0.15) is 32.6 Å². The Morgan fingerprint density at radius 3 is 2.28 bits per heavy atom. The van der Waals surface area contributed by atoms with E-state index < -0.39 is 30.3 Å². The van der Waals surface area contributed by atoms with E-state index in [1.165, 1.54) is 0 Å². The average Bonchev–Trinajstić information content (AvgIpc) is 2.28. The lowest BCUT2D eigenvalue weighted by Crippen LogP contribution is -2.44. The zero-order valence-electron chi connectivity index (χ0n) is 10.4. The lowest BCUT2D eigenvalue weighted by Gasteiger charge is -2.18. The minimum Gasteiger partial charge on any atom is -0.481 e. The van der Waals surface area contributed by atoms with Crippen LogP contribution in [0, 0.1) is 5.92 Å². The molecule has 0 heterocycles. The maximum absolute atomic E-state index is 11.8. The van der Waals surface area contributed by atoms with Gasteiger partial charge in [0.25, 0.3) is 0 Å². The molecule has 0 radical (unpaired) electrons. The molecule has 0 aromatic carbocycles. The van der Waals surface area contributed by atoms with Gasteiger partial charge in [0.1, 0.15) is 6.04 Å². The molecule has 18 heavy (non-hydrogen) atoms. The highest BCUT2D eigenvalue weighted by Gasteiger charge is 2.26. The normalized spacial score (nSPS) is 13.7. The molecule has 0 aromatic heterocycles. The molecule has 0 fully saturated rings. The van der Waals surface area contributed by atoms with E-state index in [-0.39, 0.29) is 5.92 Å². The van der Waals surface area contributed by atoms with Crippen molar-refractivity contribution in [3.63, 3.8) is 0 Å². The highest BCUT2D eigenvalue weighted by Crippen LogP contribution is 2.11. The molecule has 7 heteroatoms. The van der Waals surface area contributed by atoms with Crippen LogP contribution in [0.3, 0.4) is 0 Å². The van der Waals surface area contributed by atoms with Crippen molar-refractivity contribution in [2.45, 2.75) is 38.6 Å². The molecule has 0 aliphatic carbocycles. The molecule has 0 saturated carbocycles. The number of carbonyl (C=O) groups excluding carboxylic acids is 1. The van der Waals surface area contributed by atoms with Crippen LogP contribution in [0.2, 0.25) is 0 Å². The van der Waals surface area contributed by atoms with Crippen LogP contribution in [0.25, 0.3) is 0 Å². The fraction of sp³-hybridized carbons (Fsp3) is 0.727. The smallest absolute Gasteiger partial charge is 0.326 e. The second-order valence-corrected chi connectivity index (χ2v) is 4.03. The van der Waals surface area contributed by atoms with Crippen LogP contribution in [0.5, 0.6) is 0 Å². The van der Waals surface area contributed by atoms with Crippen LogP contribution >= 0.6 is 0 Å². The number of carboxylic acid groups (broad SMARTS) is 2. The Bertz CT molecular complexity index is 306. The Morgan fingerprint density at radius 2 is 1.89 bits per heavy atom. The predicted molar refractivity (Wildman–Crippen MR) is 63.9 cm³/mol. The third kappa shape index (κ3) is 6.19. The summed E-state index contributed by atoms with van der Waals surface area (Å²) in [6, 6.07) is -1.39. The number of aliphatic carboxylic acids is 2. The molecule has 104 valence electrons. The zero-order valence-corrected chi connectivity index (χ0v) is 10.4. The molecule has 2 atom stereocenters. The third-order valence-corrected chi connectivity index (χ3v) is 2.61. The Morgan fingerprint density at radius 1 is 1.28 bits per heavy atom. The minimum absolute atomic E-state index is 0.329. The SMILES string of the molecule is CCC(CCCN)C(=O)NC(CC(=O)O)C(=O)O. The fourth-order valence-corrected chi connectivity index (χ4v) is 1.55. The van der Waals surface area contributed by atoms with Crippen LogP contribution in [-0.2, 0) is 14.4 Å². The summed E-state index contributed by atoms with van der Waals surface area (Å²) in [5.41, 5.74) is 5.34. The van der Waals surface area contributed by atoms with Crippen molar-refractivity contribution >= 4 is 17.8 Å². The third-order valence-electron chi connectivity index (χ3n) is 2.61. The van der Waals surface area contributed by atoms with Crippen molar-refractivity contribution in [1.29, 1.82) is 0 Å². The molecule has 0 aromatic rings. The van der Waals surface area contributed by atoms with Gasteiger partial charge in [0.2, 0.25) is 5.91 Å². The molecule has 0 aliphatic rings. The predicted octanol–water partition coefficient (Wildman–Crippen LogP) is -0.204. The zero-order chi connectivity index (χ0) is 14.1. The second kappa shape index (κ2) is 8.46. The minimum atomic E-state index is -1.39. The highest BCUT2D eigenvalue weighted by atomic mass is 16.4. The molecule has 7 nitrogen and oxygen atoms in total. The number of nitrogens with two attached hydrogens (primary N) is 1. The van der Waals surface area contributed by atoms with Crippen LogP contribution in [-0.4, -0.2) is 40.6 Å². The van der Waals surface area contributed by atoms with Gasteiger partial charge in [-0.2, -0.15) is 0 Å². The van der Waals surface area contributed by atoms with Gasteiger partial charge >= 0.3 is 11.9 Å². The Balaban J connectivity index is 4.46. The van der Waals surface area contributed by atoms with E-state index in [4.69, 9.17) is 15.9 Å². The van der Waals surface area contributed by atoms with Crippen LogP contribution < -0.4 is 11.1 Å². The first kappa shape index (κ1) is 16.4. The molecule has 5 N–H and O–H groups in total. The van der Waals surface area contributed by atoms with E-state index in [2.05, 4.69) is 5.32 Å². The van der Waals surface area contributed by atoms with Crippen LogP contribution in [0.15, 0.2) is 0 Å². The van der Waals surface area contributed by atoms with Gasteiger partial charge in [0.05, 0.1) is 6.42 Å². The van der Waals surface area contributed by atoms with Gasteiger partial charge in [0, 0.05) is 5.92 Å². The fourth-order valence-electron chi connectivity index (χ4n) is 1.55. The summed E-state index contributed by atoms with van der Waals surface area (Å²) in [6.07, 6.45) is 1.17. The van der Waals surface area contributed by atoms with E-state index in [1.54, 1.807) is 0 Å². The van der Waals surface area contributed by atoms with Gasteiger partial charge < -0.3 is 21.3 Å². The molecule has 2 unspecified atom stereocenters. The monoisotopic (exact) mass is 260 g/mol. The summed E-state index contributed by atoms with van der Waals surface area (Å²) in [4.78, 5) is 33.0.